The van der Waals surface area contributed by atoms with E-state index in [1.807, 2.05) is 30.5 Å². The number of aromatic nitrogens is 2. The van der Waals surface area contributed by atoms with Gasteiger partial charge in [-0.2, -0.15) is 53.6 Å². The van der Waals surface area contributed by atoms with Crippen molar-refractivity contribution >= 4 is 44.6 Å². The van der Waals surface area contributed by atoms with Gasteiger partial charge >= 0.3 is 0 Å². The molecule has 0 saturated heterocycles. The Labute approximate surface area is 259 Å². The zero-order valence-electron chi connectivity index (χ0n) is 22.6. The van der Waals surface area contributed by atoms with Gasteiger partial charge in [-0.1, -0.05) is 60.1 Å². The van der Waals surface area contributed by atoms with Crippen molar-refractivity contribution in [1.82, 2.24) is 9.55 Å². The third-order valence-electron chi connectivity index (χ3n) is 7.67. The molecule has 0 aliphatic carbocycles. The number of pyridine rings is 1. The Bertz CT molecular complexity index is 2020. The molecule has 5 heteroatoms. The van der Waals surface area contributed by atoms with E-state index in [1.54, 1.807) is 0 Å². The van der Waals surface area contributed by atoms with Crippen molar-refractivity contribution in [3.63, 3.8) is 0 Å². The van der Waals surface area contributed by atoms with Crippen LogP contribution in [0, 0.1) is 18.8 Å². The van der Waals surface area contributed by atoms with Crippen LogP contribution < -0.4 is 9.80 Å². The van der Waals surface area contributed by atoms with Crippen molar-refractivity contribution < 1.29 is 21.1 Å². The van der Waals surface area contributed by atoms with Crippen molar-refractivity contribution in [2.24, 2.45) is 0 Å². The van der Waals surface area contributed by atoms with Gasteiger partial charge in [0.15, 0.2) is 0 Å². The Morgan fingerprint density at radius 3 is 2.17 bits per heavy atom. The van der Waals surface area contributed by atoms with Gasteiger partial charge in [0.25, 0.3) is 0 Å². The molecule has 0 spiro atoms. The fraction of sp³-hybridized carbons (Fsp3) is 0.0270. The smallest absolute Gasteiger partial charge is 0.135 e. The summed E-state index contributed by atoms with van der Waals surface area (Å²) in [5, 5.41) is 2.38. The number of nitrogens with zero attached hydrogens (tertiary/aromatic N) is 4. The zero-order chi connectivity index (χ0) is 27.2. The SMILES string of the molecule is [Pt].[c-]1c(Cc2[c-]c3c(cc2)c2ccccc2n3-c2ccccn2)cccc1N1[CH-]N(c2ccccc2)c2ccccc21. The minimum Gasteiger partial charge on any atom is -0.493 e. The van der Waals surface area contributed by atoms with Crippen LogP contribution in [0.15, 0.2) is 134 Å². The first-order valence-corrected chi connectivity index (χ1v) is 13.8. The van der Waals surface area contributed by atoms with Crippen LogP contribution in [0.1, 0.15) is 11.1 Å². The Balaban J connectivity index is 0.00000288. The van der Waals surface area contributed by atoms with E-state index in [0.717, 1.165) is 57.1 Å². The van der Waals surface area contributed by atoms with Crippen molar-refractivity contribution in [3.8, 4) is 5.82 Å². The maximum absolute atomic E-state index is 4.66. The quantitative estimate of drug-likeness (QED) is 0.166. The molecule has 206 valence electrons. The molecule has 8 rings (SSSR count). The predicted molar refractivity (Wildman–Crippen MR) is 167 cm³/mol. The van der Waals surface area contributed by atoms with E-state index in [1.165, 1.54) is 10.8 Å². The van der Waals surface area contributed by atoms with Crippen LogP contribution in [0.4, 0.5) is 22.7 Å². The first-order valence-electron chi connectivity index (χ1n) is 13.8. The van der Waals surface area contributed by atoms with Gasteiger partial charge in [-0.3, -0.25) is 0 Å². The molecule has 4 nitrogen and oxygen atoms in total. The summed E-state index contributed by atoms with van der Waals surface area (Å²) in [7, 11) is 0. The van der Waals surface area contributed by atoms with Gasteiger partial charge in [-0.15, -0.1) is 17.7 Å². The van der Waals surface area contributed by atoms with E-state index in [2.05, 4.69) is 141 Å². The Hall–Kier alpha value is -4.66. The third kappa shape index (κ3) is 4.49. The number of benzene rings is 5. The summed E-state index contributed by atoms with van der Waals surface area (Å²) < 4.78 is 2.21. The molecular weight excluding hydrogens is 696 g/mol. The van der Waals surface area contributed by atoms with Crippen LogP contribution in [0.25, 0.3) is 27.6 Å². The van der Waals surface area contributed by atoms with Crippen LogP contribution in [0.5, 0.6) is 0 Å². The summed E-state index contributed by atoms with van der Waals surface area (Å²) in [6.45, 7) is 2.15. The molecule has 0 N–H and O–H groups in total. The number of hydrogen-bond donors (Lipinski definition) is 0. The van der Waals surface area contributed by atoms with Gasteiger partial charge < -0.3 is 14.4 Å². The zero-order valence-corrected chi connectivity index (χ0v) is 24.9. The van der Waals surface area contributed by atoms with E-state index in [0.29, 0.717) is 0 Å². The van der Waals surface area contributed by atoms with Crippen LogP contribution in [-0.2, 0) is 27.5 Å². The van der Waals surface area contributed by atoms with Crippen LogP contribution in [-0.4, -0.2) is 9.55 Å². The van der Waals surface area contributed by atoms with Gasteiger partial charge in [0.2, 0.25) is 0 Å². The molecule has 0 atom stereocenters. The molecule has 0 unspecified atom stereocenters. The molecule has 0 radical (unpaired) electrons. The molecule has 3 heterocycles. The number of fused-ring (bicyclic) bond motifs is 4. The molecule has 0 saturated carbocycles. The fourth-order valence-corrected chi connectivity index (χ4v) is 5.81. The second-order valence-electron chi connectivity index (χ2n) is 10.2. The molecule has 1 aliphatic rings. The van der Waals surface area contributed by atoms with Crippen LogP contribution in [0.2, 0.25) is 0 Å². The van der Waals surface area contributed by atoms with Crippen molar-refractivity contribution in [1.29, 1.82) is 0 Å². The Morgan fingerprint density at radius 1 is 0.595 bits per heavy atom. The molecule has 5 aromatic carbocycles. The van der Waals surface area contributed by atoms with Crippen molar-refractivity contribution in [2.45, 2.75) is 6.42 Å². The van der Waals surface area contributed by atoms with Crippen LogP contribution in [0.3, 0.4) is 0 Å². The molecule has 0 bridgehead atoms. The Kier molecular flexibility index (Phi) is 6.85. The first kappa shape index (κ1) is 26.3. The summed E-state index contributed by atoms with van der Waals surface area (Å²) in [5.74, 6) is 0.895. The fourth-order valence-electron chi connectivity index (χ4n) is 5.81. The average Bonchev–Trinajstić information content (AvgIpc) is 3.58. The van der Waals surface area contributed by atoms with E-state index >= 15 is 0 Å². The molecule has 7 aromatic rings. The largest absolute Gasteiger partial charge is 0.493 e. The summed E-state index contributed by atoms with van der Waals surface area (Å²) >= 11 is 0. The van der Waals surface area contributed by atoms with Gasteiger partial charge in [-0.05, 0) is 54.3 Å². The maximum atomic E-state index is 4.66. The van der Waals surface area contributed by atoms with Gasteiger partial charge in [0.05, 0.1) is 0 Å². The number of rotatable bonds is 5. The average molecular weight is 721 g/mol. The molecule has 0 fully saturated rings. The normalized spacial score (nSPS) is 12.5. The van der Waals surface area contributed by atoms with Crippen molar-refractivity contribution in [2.75, 3.05) is 9.80 Å². The van der Waals surface area contributed by atoms with Gasteiger partial charge in [-0.25, -0.2) is 4.98 Å². The van der Waals surface area contributed by atoms with Gasteiger partial charge in [0, 0.05) is 49.8 Å². The minimum atomic E-state index is 0. The van der Waals surface area contributed by atoms with Gasteiger partial charge in [0.1, 0.15) is 5.82 Å². The third-order valence-corrected chi connectivity index (χ3v) is 7.67. The molecule has 0 amide bonds. The second kappa shape index (κ2) is 11.0. The number of para-hydroxylation sites is 4. The van der Waals surface area contributed by atoms with E-state index < -0.39 is 0 Å². The summed E-state index contributed by atoms with van der Waals surface area (Å²) in [6.07, 6.45) is 2.57. The topological polar surface area (TPSA) is 24.3 Å². The molecule has 42 heavy (non-hydrogen) atoms. The predicted octanol–water partition coefficient (Wildman–Crippen LogP) is 8.78. The monoisotopic (exact) mass is 720 g/mol. The maximum Gasteiger partial charge on any atom is 0.135 e. The standard InChI is InChI=1S/C37H25N4.Pt/c1-2-12-29(13-3-1)39-26-40(35-18-7-6-17-34(35)39)30-14-10-11-27(24-30)23-28-20-21-32-31-15-4-5-16-33(31)41(36(32)25-28)37-19-8-9-22-38-37;/h1-22,26H,23H2;/q-3;. The number of anilines is 4. The van der Waals surface area contributed by atoms with E-state index in [9.17, 15) is 0 Å². The van der Waals surface area contributed by atoms with Crippen LogP contribution >= 0.6 is 0 Å². The first-order chi connectivity index (χ1) is 20.3. The van der Waals surface area contributed by atoms with Crippen molar-refractivity contribution in [3.05, 3.63) is 164 Å². The summed E-state index contributed by atoms with van der Waals surface area (Å²) in [5.41, 5.74) is 8.83. The molecule has 1 aliphatic heterocycles. The molecular formula is C37H25N4Pt-3. The molecule has 2 aromatic heterocycles. The minimum absolute atomic E-state index is 0. The van der Waals surface area contributed by atoms with E-state index in [-0.39, 0.29) is 21.1 Å². The summed E-state index contributed by atoms with van der Waals surface area (Å²) in [4.78, 5) is 9.11. The number of hydrogen-bond acceptors (Lipinski definition) is 3. The van der Waals surface area contributed by atoms with E-state index in [4.69, 9.17) is 0 Å². The second-order valence-corrected chi connectivity index (χ2v) is 10.2. The Morgan fingerprint density at radius 2 is 1.33 bits per heavy atom. The summed E-state index contributed by atoms with van der Waals surface area (Å²) in [6, 6.07) is 51.7.